The zero-order valence-corrected chi connectivity index (χ0v) is 16.8. The summed E-state index contributed by atoms with van der Waals surface area (Å²) in [5.41, 5.74) is 1.01. The lowest BCUT2D eigenvalue weighted by molar-refractivity contribution is -0.237. The van der Waals surface area contributed by atoms with Crippen molar-refractivity contribution >= 4 is 29.1 Å². The molecular weight excluding hydrogens is 427 g/mol. The first kappa shape index (κ1) is 21.8. The van der Waals surface area contributed by atoms with Crippen LogP contribution in [-0.2, 0) is 15.9 Å². The number of morpholine rings is 1. The fraction of sp³-hybridized carbons (Fsp3) is 0.350. The number of alkyl halides is 3. The minimum Gasteiger partial charge on any atom is -0.441 e. The Balaban J connectivity index is 1.56. The Kier molecular flexibility index (Phi) is 7.34. The highest BCUT2D eigenvalue weighted by atomic mass is 35.5. The largest absolute Gasteiger partial charge is 0.441 e. The number of benzene rings is 2. The van der Waals surface area contributed by atoms with Gasteiger partial charge in [0.2, 0.25) is 6.10 Å². The quantitative estimate of drug-likeness (QED) is 0.684. The van der Waals surface area contributed by atoms with Crippen LogP contribution in [-0.4, -0.2) is 42.8 Å². The summed E-state index contributed by atoms with van der Waals surface area (Å²) in [7, 11) is 0. The lowest BCUT2D eigenvalue weighted by Crippen LogP contribution is -2.56. The number of hydrogen-bond donors (Lipinski definition) is 1. The Bertz CT molecular complexity index is 797. The molecule has 0 saturated carbocycles. The van der Waals surface area contributed by atoms with E-state index in [-0.39, 0.29) is 19.2 Å². The fourth-order valence-corrected chi connectivity index (χ4v) is 3.26. The molecule has 1 fully saturated rings. The molecule has 2 aromatic carbocycles. The Morgan fingerprint density at radius 1 is 1.17 bits per heavy atom. The van der Waals surface area contributed by atoms with Gasteiger partial charge in [-0.25, -0.2) is 0 Å². The SMILES string of the molecule is FC(F)(F)[C@H](OC(=S)Oc1ccccc1)[C@H]1CN[C@@H](Cc2ccc(Cl)cc2)CO1. The van der Waals surface area contributed by atoms with Crippen LogP contribution < -0.4 is 10.1 Å². The monoisotopic (exact) mass is 445 g/mol. The van der Waals surface area contributed by atoms with Crippen molar-refractivity contribution in [2.75, 3.05) is 13.2 Å². The smallest absolute Gasteiger partial charge is 0.428 e. The molecule has 1 heterocycles. The average Bonchev–Trinajstić information content (AvgIpc) is 2.69. The molecular formula is C20H19ClF3NO3S. The van der Waals surface area contributed by atoms with Gasteiger partial charge in [0.05, 0.1) is 6.61 Å². The third-order valence-corrected chi connectivity index (χ3v) is 4.77. The van der Waals surface area contributed by atoms with E-state index in [9.17, 15) is 13.2 Å². The Hall–Kier alpha value is -1.87. The van der Waals surface area contributed by atoms with Crippen molar-refractivity contribution in [2.24, 2.45) is 0 Å². The van der Waals surface area contributed by atoms with Gasteiger partial charge in [-0.2, -0.15) is 13.2 Å². The van der Waals surface area contributed by atoms with Crippen molar-refractivity contribution in [3.05, 3.63) is 65.2 Å². The van der Waals surface area contributed by atoms with E-state index in [1.54, 1.807) is 42.5 Å². The standard InChI is InChI=1S/C20H19ClF3NO3S/c21-14-8-6-13(7-9-14)10-15-12-26-17(11-25-15)18(20(22,23)24)28-19(29)27-16-4-2-1-3-5-16/h1-9,15,17-18,25H,10-12H2/t15-,17+,18+/m0/s1. The predicted octanol–water partition coefficient (Wildman–Crippen LogP) is 4.55. The minimum absolute atomic E-state index is 0.0314. The molecule has 3 atom stereocenters. The molecule has 1 aliphatic rings. The van der Waals surface area contributed by atoms with E-state index < -0.39 is 23.6 Å². The minimum atomic E-state index is -4.67. The summed E-state index contributed by atoms with van der Waals surface area (Å²) in [6.45, 7) is 0.0753. The first-order valence-electron chi connectivity index (χ1n) is 8.91. The zero-order chi connectivity index (χ0) is 20.9. The number of para-hydroxylation sites is 1. The van der Waals surface area contributed by atoms with Crippen molar-refractivity contribution in [2.45, 2.75) is 30.8 Å². The molecule has 9 heteroatoms. The molecule has 3 rings (SSSR count). The Labute approximate surface area is 176 Å². The first-order chi connectivity index (χ1) is 13.8. The second-order valence-electron chi connectivity index (χ2n) is 6.55. The van der Waals surface area contributed by atoms with Gasteiger partial charge in [-0.3, -0.25) is 0 Å². The maximum atomic E-state index is 13.5. The Morgan fingerprint density at radius 3 is 2.45 bits per heavy atom. The van der Waals surface area contributed by atoms with Crippen molar-refractivity contribution in [3.8, 4) is 5.75 Å². The summed E-state index contributed by atoms with van der Waals surface area (Å²) in [4.78, 5) is 0. The lowest BCUT2D eigenvalue weighted by atomic mass is 10.0. The maximum Gasteiger partial charge on any atom is 0.428 e. The number of hydrogen-bond acceptors (Lipinski definition) is 5. The average molecular weight is 446 g/mol. The summed E-state index contributed by atoms with van der Waals surface area (Å²) in [6.07, 6.45) is -7.53. The third-order valence-electron chi connectivity index (χ3n) is 4.34. The van der Waals surface area contributed by atoms with E-state index in [2.05, 4.69) is 5.32 Å². The van der Waals surface area contributed by atoms with E-state index in [0.717, 1.165) is 5.56 Å². The van der Waals surface area contributed by atoms with Crippen LogP contribution in [0.4, 0.5) is 13.2 Å². The van der Waals surface area contributed by atoms with Gasteiger partial charge in [0.1, 0.15) is 11.9 Å². The van der Waals surface area contributed by atoms with E-state index >= 15 is 0 Å². The van der Waals surface area contributed by atoms with Gasteiger partial charge in [-0.15, -0.1) is 0 Å². The fourth-order valence-electron chi connectivity index (χ4n) is 2.94. The van der Waals surface area contributed by atoms with E-state index in [1.165, 1.54) is 0 Å². The van der Waals surface area contributed by atoms with Crippen LogP contribution in [0.3, 0.4) is 0 Å². The molecule has 1 aliphatic heterocycles. The van der Waals surface area contributed by atoms with Crippen LogP contribution in [0.15, 0.2) is 54.6 Å². The summed E-state index contributed by atoms with van der Waals surface area (Å²) in [6, 6.07) is 15.4. The predicted molar refractivity (Wildman–Crippen MR) is 107 cm³/mol. The zero-order valence-electron chi connectivity index (χ0n) is 15.2. The summed E-state index contributed by atoms with van der Waals surface area (Å²) in [5.74, 6) is 0.296. The van der Waals surface area contributed by atoms with E-state index in [1.807, 2.05) is 12.1 Å². The molecule has 29 heavy (non-hydrogen) atoms. The normalized spacial score (nSPS) is 20.7. The molecule has 4 nitrogen and oxygen atoms in total. The van der Waals surface area contributed by atoms with Crippen LogP contribution in [0.25, 0.3) is 0 Å². The molecule has 1 saturated heterocycles. The molecule has 0 unspecified atom stereocenters. The second kappa shape index (κ2) is 9.75. The maximum absolute atomic E-state index is 13.5. The topological polar surface area (TPSA) is 39.7 Å². The van der Waals surface area contributed by atoms with Gasteiger partial charge in [-0.05, 0) is 36.2 Å². The van der Waals surface area contributed by atoms with E-state index in [0.29, 0.717) is 17.2 Å². The molecule has 0 amide bonds. The third kappa shape index (κ3) is 6.57. The first-order valence-corrected chi connectivity index (χ1v) is 9.69. The van der Waals surface area contributed by atoms with Crippen molar-refractivity contribution in [3.63, 3.8) is 0 Å². The number of halogens is 4. The molecule has 2 aromatic rings. The highest BCUT2D eigenvalue weighted by molar-refractivity contribution is 7.79. The number of thiocarbonyl (C=S) groups is 1. The number of ether oxygens (including phenoxy) is 3. The molecule has 0 aliphatic carbocycles. The molecule has 0 aromatic heterocycles. The highest BCUT2D eigenvalue weighted by Gasteiger charge is 2.49. The Morgan fingerprint density at radius 2 is 1.86 bits per heavy atom. The second-order valence-corrected chi connectivity index (χ2v) is 7.32. The van der Waals surface area contributed by atoms with Gasteiger partial charge in [0.25, 0.3) is 0 Å². The van der Waals surface area contributed by atoms with Crippen molar-refractivity contribution in [1.82, 2.24) is 5.32 Å². The molecule has 0 spiro atoms. The van der Waals surface area contributed by atoms with Gasteiger partial charge >= 0.3 is 11.4 Å². The highest BCUT2D eigenvalue weighted by Crippen LogP contribution is 2.29. The van der Waals surface area contributed by atoms with Crippen molar-refractivity contribution < 1.29 is 27.4 Å². The molecule has 0 bridgehead atoms. The number of nitrogens with one attached hydrogen (secondary N) is 1. The molecule has 156 valence electrons. The molecule has 0 radical (unpaired) electrons. The van der Waals surface area contributed by atoms with Gasteiger partial charge in [-0.1, -0.05) is 41.9 Å². The van der Waals surface area contributed by atoms with Crippen LogP contribution in [0, 0.1) is 0 Å². The molecule has 1 N–H and O–H groups in total. The summed E-state index contributed by atoms with van der Waals surface area (Å²) in [5, 5.41) is 3.11. The van der Waals surface area contributed by atoms with Crippen LogP contribution in [0.5, 0.6) is 5.75 Å². The van der Waals surface area contributed by atoms with Gasteiger partial charge < -0.3 is 19.5 Å². The van der Waals surface area contributed by atoms with Crippen LogP contribution in [0.1, 0.15) is 5.56 Å². The summed E-state index contributed by atoms with van der Waals surface area (Å²) < 4.78 is 56.1. The number of rotatable bonds is 5. The lowest BCUT2D eigenvalue weighted by Gasteiger charge is -2.35. The van der Waals surface area contributed by atoms with Gasteiger partial charge in [0.15, 0.2) is 0 Å². The van der Waals surface area contributed by atoms with Crippen LogP contribution in [0.2, 0.25) is 5.02 Å². The van der Waals surface area contributed by atoms with Crippen LogP contribution >= 0.6 is 23.8 Å². The van der Waals surface area contributed by atoms with Gasteiger partial charge in [0, 0.05) is 29.8 Å². The summed E-state index contributed by atoms with van der Waals surface area (Å²) >= 11 is 10.7. The van der Waals surface area contributed by atoms with Crippen molar-refractivity contribution in [1.29, 1.82) is 0 Å². The van der Waals surface area contributed by atoms with E-state index in [4.69, 9.17) is 38.0 Å².